The molecule has 1 aliphatic rings. The molecule has 0 atom stereocenters. The van der Waals surface area contributed by atoms with E-state index >= 15 is 0 Å². The van der Waals surface area contributed by atoms with Gasteiger partial charge < -0.3 is 10.1 Å². The van der Waals surface area contributed by atoms with Crippen LogP contribution in [0.3, 0.4) is 0 Å². The summed E-state index contributed by atoms with van der Waals surface area (Å²) in [5.74, 6) is -0.282. The second-order valence-corrected chi connectivity index (χ2v) is 10.4. The minimum absolute atomic E-state index is 0.0513. The number of carbonyl (C=O) groups excluding carboxylic acids is 1. The monoisotopic (exact) mass is 498 g/mol. The number of nitrogens with zero attached hydrogens (tertiary/aromatic N) is 1. The molecule has 3 aromatic rings. The van der Waals surface area contributed by atoms with Crippen LogP contribution in [0.5, 0.6) is 0 Å². The lowest BCUT2D eigenvalue weighted by molar-refractivity contribution is 0.0730. The number of benzene rings is 3. The minimum Gasteiger partial charge on any atom is -0.379 e. The maximum atomic E-state index is 13.0. The van der Waals surface area contributed by atoms with Crippen molar-refractivity contribution in [2.24, 2.45) is 0 Å². The molecule has 0 aliphatic carbocycles. The molecule has 1 aliphatic heterocycles. The summed E-state index contributed by atoms with van der Waals surface area (Å²) in [7, 11) is -3.73. The molecule has 0 saturated carbocycles. The van der Waals surface area contributed by atoms with Crippen LogP contribution in [-0.4, -0.2) is 51.5 Å². The van der Waals surface area contributed by atoms with Crippen molar-refractivity contribution in [3.8, 4) is 0 Å². The van der Waals surface area contributed by atoms with Crippen LogP contribution < -0.4 is 5.32 Å². The molecule has 1 N–H and O–H groups in total. The minimum atomic E-state index is -3.73. The molecular weight excluding hydrogens is 472 g/mol. The molecule has 0 unspecified atom stereocenters. The molecule has 4 rings (SSSR count). The molecular formula is C26H27ClN2O4S. The number of carbonyl (C=O) groups is 1. The smallest absolute Gasteiger partial charge is 0.252 e. The van der Waals surface area contributed by atoms with E-state index in [-0.39, 0.29) is 34.5 Å². The topological polar surface area (TPSA) is 75.7 Å². The highest BCUT2D eigenvalue weighted by Crippen LogP contribution is 2.28. The first kappa shape index (κ1) is 24.4. The summed E-state index contributed by atoms with van der Waals surface area (Å²) in [5.41, 5.74) is 2.48. The third-order valence-corrected chi connectivity index (χ3v) is 8.14. The molecule has 3 aromatic carbocycles. The Labute approximate surface area is 205 Å². The summed E-state index contributed by atoms with van der Waals surface area (Å²) < 4.78 is 32.6. The summed E-state index contributed by atoms with van der Waals surface area (Å²) in [6.07, 6.45) is 0.684. The molecule has 178 valence electrons. The van der Waals surface area contributed by atoms with Crippen molar-refractivity contribution >= 4 is 27.5 Å². The Morgan fingerprint density at radius 3 is 2.12 bits per heavy atom. The van der Waals surface area contributed by atoms with Crippen LogP contribution in [0, 0.1) is 0 Å². The van der Waals surface area contributed by atoms with Crippen molar-refractivity contribution in [3.05, 3.63) is 101 Å². The lowest BCUT2D eigenvalue weighted by Crippen LogP contribution is -2.40. The number of hydrogen-bond acceptors (Lipinski definition) is 4. The van der Waals surface area contributed by atoms with Gasteiger partial charge in [0.15, 0.2) is 0 Å². The number of morpholine rings is 1. The van der Waals surface area contributed by atoms with Gasteiger partial charge in [-0.15, -0.1) is 0 Å². The molecule has 1 amide bonds. The number of rotatable bonds is 8. The van der Waals surface area contributed by atoms with E-state index in [1.807, 2.05) is 36.4 Å². The molecule has 1 fully saturated rings. The highest BCUT2D eigenvalue weighted by atomic mass is 35.5. The fourth-order valence-electron chi connectivity index (χ4n) is 4.10. The molecule has 0 radical (unpaired) electrons. The van der Waals surface area contributed by atoms with Gasteiger partial charge >= 0.3 is 0 Å². The van der Waals surface area contributed by atoms with E-state index in [4.69, 9.17) is 16.3 Å². The van der Waals surface area contributed by atoms with Gasteiger partial charge in [-0.3, -0.25) is 4.79 Å². The average molecular weight is 499 g/mol. The van der Waals surface area contributed by atoms with Crippen molar-refractivity contribution in [2.45, 2.75) is 17.2 Å². The first-order chi connectivity index (χ1) is 16.5. The van der Waals surface area contributed by atoms with Gasteiger partial charge in [-0.1, -0.05) is 72.3 Å². The number of hydrogen-bond donors (Lipinski definition) is 1. The van der Waals surface area contributed by atoms with Crippen LogP contribution in [-0.2, 0) is 14.8 Å². The molecule has 0 aromatic heterocycles. The normalized spacial score (nSPS) is 14.8. The zero-order chi connectivity index (χ0) is 24.0. The van der Waals surface area contributed by atoms with E-state index in [0.717, 1.165) is 0 Å². The van der Waals surface area contributed by atoms with Crippen molar-refractivity contribution in [2.75, 3.05) is 32.8 Å². The number of sulfonamides is 1. The van der Waals surface area contributed by atoms with Gasteiger partial charge in [0.05, 0.1) is 28.7 Å². The summed E-state index contributed by atoms with van der Waals surface area (Å²) in [4.78, 5) is 13.0. The molecule has 1 saturated heterocycles. The van der Waals surface area contributed by atoms with E-state index in [1.165, 1.54) is 33.6 Å². The molecule has 0 bridgehead atoms. The maximum Gasteiger partial charge on any atom is 0.252 e. The Kier molecular flexibility index (Phi) is 8.00. The number of nitrogens with one attached hydrogen (secondary N) is 1. The van der Waals surface area contributed by atoms with Gasteiger partial charge in [-0.2, -0.15) is 4.31 Å². The van der Waals surface area contributed by atoms with Crippen LogP contribution in [0.25, 0.3) is 0 Å². The first-order valence-corrected chi connectivity index (χ1v) is 13.0. The number of amides is 1. The van der Waals surface area contributed by atoms with Crippen LogP contribution in [0.4, 0.5) is 0 Å². The van der Waals surface area contributed by atoms with Crippen LogP contribution >= 0.6 is 11.6 Å². The Morgan fingerprint density at radius 2 is 1.53 bits per heavy atom. The highest BCUT2D eigenvalue weighted by molar-refractivity contribution is 7.89. The quantitative estimate of drug-likeness (QED) is 0.502. The van der Waals surface area contributed by atoms with Crippen molar-refractivity contribution in [3.63, 3.8) is 0 Å². The molecule has 1 heterocycles. The van der Waals surface area contributed by atoms with Crippen LogP contribution in [0.15, 0.2) is 83.8 Å². The summed E-state index contributed by atoms with van der Waals surface area (Å²) in [6.45, 7) is 1.68. The van der Waals surface area contributed by atoms with Crippen molar-refractivity contribution in [1.29, 1.82) is 0 Å². The maximum absolute atomic E-state index is 13.0. The predicted octanol–water partition coefficient (Wildman–Crippen LogP) is 4.31. The second kappa shape index (κ2) is 11.1. The SMILES string of the molecule is O=C(NCCC(c1ccccc1)c1ccccc1)c1cc(S(=O)(=O)N2CCOCC2)ccc1Cl. The first-order valence-electron chi connectivity index (χ1n) is 11.2. The van der Waals surface area contributed by atoms with Crippen molar-refractivity contribution < 1.29 is 17.9 Å². The summed E-state index contributed by atoms with van der Waals surface area (Å²) in [5, 5.41) is 3.13. The predicted molar refractivity (Wildman–Crippen MR) is 133 cm³/mol. The van der Waals surface area contributed by atoms with Crippen molar-refractivity contribution in [1.82, 2.24) is 9.62 Å². The van der Waals surface area contributed by atoms with Crippen LogP contribution in [0.2, 0.25) is 5.02 Å². The van der Waals surface area contributed by atoms with E-state index in [2.05, 4.69) is 29.6 Å². The standard InChI is InChI=1S/C26H27ClN2O4S/c27-25-12-11-22(34(31,32)29-15-17-33-18-16-29)19-24(25)26(30)28-14-13-23(20-7-3-1-4-8-20)21-9-5-2-6-10-21/h1-12,19,23H,13-18H2,(H,28,30). The van der Waals surface area contributed by atoms with Gasteiger partial charge in [-0.05, 0) is 35.7 Å². The highest BCUT2D eigenvalue weighted by Gasteiger charge is 2.27. The Balaban J connectivity index is 1.47. The summed E-state index contributed by atoms with van der Waals surface area (Å²) >= 11 is 6.27. The fraction of sp³-hybridized carbons (Fsp3) is 0.269. The fourth-order valence-corrected chi connectivity index (χ4v) is 5.73. The van der Waals surface area contributed by atoms with Gasteiger partial charge in [0, 0.05) is 25.6 Å². The number of ether oxygens (including phenoxy) is 1. The largest absolute Gasteiger partial charge is 0.379 e. The average Bonchev–Trinajstić information content (AvgIpc) is 2.88. The lowest BCUT2D eigenvalue weighted by atomic mass is 9.88. The third-order valence-electron chi connectivity index (χ3n) is 5.91. The molecule has 34 heavy (non-hydrogen) atoms. The number of halogens is 1. The van der Waals surface area contributed by atoms with Crippen LogP contribution in [0.1, 0.15) is 33.8 Å². The zero-order valence-corrected chi connectivity index (χ0v) is 20.3. The molecule has 8 heteroatoms. The van der Waals surface area contributed by atoms with Gasteiger partial charge in [0.1, 0.15) is 0 Å². The molecule has 6 nitrogen and oxygen atoms in total. The van der Waals surface area contributed by atoms with Gasteiger partial charge in [-0.25, -0.2) is 8.42 Å². The second-order valence-electron chi connectivity index (χ2n) is 8.08. The Morgan fingerprint density at radius 1 is 0.941 bits per heavy atom. The van der Waals surface area contributed by atoms with Gasteiger partial charge in [0.25, 0.3) is 5.91 Å². The zero-order valence-electron chi connectivity index (χ0n) is 18.7. The third kappa shape index (κ3) is 5.67. The van der Waals surface area contributed by atoms with E-state index < -0.39 is 15.9 Å². The Hall–Kier alpha value is -2.71. The lowest BCUT2D eigenvalue weighted by Gasteiger charge is -2.26. The van der Waals surface area contributed by atoms with E-state index in [1.54, 1.807) is 0 Å². The molecule has 0 spiro atoms. The van der Waals surface area contributed by atoms with Gasteiger partial charge in [0.2, 0.25) is 10.0 Å². The Bertz CT molecular complexity index is 1170. The summed E-state index contributed by atoms with van der Waals surface area (Å²) in [6, 6.07) is 24.5. The van der Waals surface area contributed by atoms with E-state index in [9.17, 15) is 13.2 Å². The van der Waals surface area contributed by atoms with E-state index in [0.29, 0.717) is 26.2 Å².